The van der Waals surface area contributed by atoms with E-state index in [1.807, 2.05) is 6.92 Å². The first-order valence-corrected chi connectivity index (χ1v) is 7.04. The smallest absolute Gasteiger partial charge is 0.280 e. The fourth-order valence-corrected chi connectivity index (χ4v) is 2.67. The topological polar surface area (TPSA) is 81.0 Å². The molecule has 0 saturated heterocycles. The number of nitro benzene ring substituents is 1. The number of benzene rings is 1. The van der Waals surface area contributed by atoms with Crippen molar-refractivity contribution in [2.45, 2.75) is 26.3 Å². The largest absolute Gasteiger partial charge is 0.311 e. The van der Waals surface area contributed by atoms with Crippen LogP contribution in [0.4, 0.5) is 5.69 Å². The van der Waals surface area contributed by atoms with Gasteiger partial charge in [0.15, 0.2) is 5.82 Å². The van der Waals surface area contributed by atoms with Crippen LogP contribution in [-0.2, 0) is 19.4 Å². The summed E-state index contributed by atoms with van der Waals surface area (Å²) in [6.45, 7) is 3.67. The minimum Gasteiger partial charge on any atom is -0.311 e. The van der Waals surface area contributed by atoms with Crippen molar-refractivity contribution in [3.8, 4) is 11.4 Å². The van der Waals surface area contributed by atoms with Crippen LogP contribution >= 0.6 is 0 Å². The highest BCUT2D eigenvalue weighted by Crippen LogP contribution is 2.29. The van der Waals surface area contributed by atoms with Crippen LogP contribution in [0.1, 0.15) is 23.9 Å². The summed E-state index contributed by atoms with van der Waals surface area (Å²) in [7, 11) is 0. The first-order valence-electron chi connectivity index (χ1n) is 7.04. The second kappa shape index (κ2) is 5.57. The first-order chi connectivity index (χ1) is 10.2. The summed E-state index contributed by atoms with van der Waals surface area (Å²) in [5.41, 5.74) is 3.67. The predicted molar refractivity (Wildman–Crippen MR) is 78.9 cm³/mol. The van der Waals surface area contributed by atoms with Crippen molar-refractivity contribution in [1.29, 1.82) is 0 Å². The number of aromatic nitrogens is 2. The average Bonchev–Trinajstić information content (AvgIpc) is 2.53. The quantitative estimate of drug-likeness (QED) is 0.690. The van der Waals surface area contributed by atoms with Gasteiger partial charge in [-0.15, -0.1) is 0 Å². The Balaban J connectivity index is 2.17. The fourth-order valence-electron chi connectivity index (χ4n) is 2.67. The molecule has 0 amide bonds. The van der Waals surface area contributed by atoms with E-state index in [-0.39, 0.29) is 10.6 Å². The molecule has 0 atom stereocenters. The van der Waals surface area contributed by atoms with Gasteiger partial charge in [0.2, 0.25) is 0 Å². The number of fused-ring (bicyclic) bond motifs is 1. The van der Waals surface area contributed by atoms with E-state index in [0.29, 0.717) is 17.9 Å². The van der Waals surface area contributed by atoms with Crippen molar-refractivity contribution in [2.24, 2.45) is 0 Å². The van der Waals surface area contributed by atoms with Crippen LogP contribution in [0.5, 0.6) is 0 Å². The van der Waals surface area contributed by atoms with E-state index in [2.05, 4.69) is 15.3 Å². The molecule has 0 bridgehead atoms. The van der Waals surface area contributed by atoms with Gasteiger partial charge in [-0.1, -0.05) is 19.1 Å². The van der Waals surface area contributed by atoms with Gasteiger partial charge in [0, 0.05) is 18.3 Å². The van der Waals surface area contributed by atoms with E-state index in [0.717, 1.165) is 30.8 Å². The van der Waals surface area contributed by atoms with Gasteiger partial charge in [-0.25, -0.2) is 9.97 Å². The lowest BCUT2D eigenvalue weighted by Gasteiger charge is -2.19. The molecular formula is C15H16N4O2. The zero-order valence-corrected chi connectivity index (χ0v) is 11.8. The minimum atomic E-state index is -0.387. The molecule has 1 aliphatic rings. The summed E-state index contributed by atoms with van der Waals surface area (Å²) < 4.78 is 0. The van der Waals surface area contributed by atoms with E-state index in [9.17, 15) is 10.1 Å². The van der Waals surface area contributed by atoms with Crippen LogP contribution in [0.15, 0.2) is 24.3 Å². The summed E-state index contributed by atoms with van der Waals surface area (Å²) in [5.74, 6) is 0.446. The average molecular weight is 284 g/mol. The Morgan fingerprint density at radius 1 is 1.33 bits per heavy atom. The Morgan fingerprint density at radius 3 is 2.90 bits per heavy atom. The van der Waals surface area contributed by atoms with Gasteiger partial charge in [-0.05, 0) is 31.0 Å². The molecule has 6 heteroatoms. The highest BCUT2D eigenvalue weighted by molar-refractivity contribution is 5.68. The van der Waals surface area contributed by atoms with E-state index in [1.54, 1.807) is 18.2 Å². The molecule has 1 N–H and O–H groups in total. The van der Waals surface area contributed by atoms with Crippen molar-refractivity contribution in [3.05, 3.63) is 51.3 Å². The number of rotatable bonds is 3. The maximum absolute atomic E-state index is 11.2. The zero-order valence-electron chi connectivity index (χ0n) is 11.8. The minimum absolute atomic E-state index is 0.0447. The number of para-hydroxylation sites is 1. The number of hydrogen-bond acceptors (Lipinski definition) is 5. The molecule has 2 heterocycles. The third kappa shape index (κ3) is 2.50. The zero-order chi connectivity index (χ0) is 14.8. The van der Waals surface area contributed by atoms with Gasteiger partial charge in [0.25, 0.3) is 5.69 Å². The Morgan fingerprint density at radius 2 is 2.14 bits per heavy atom. The third-order valence-corrected chi connectivity index (χ3v) is 3.70. The molecule has 6 nitrogen and oxygen atoms in total. The second-order valence-electron chi connectivity index (χ2n) is 4.97. The summed E-state index contributed by atoms with van der Waals surface area (Å²) in [6, 6.07) is 6.62. The summed E-state index contributed by atoms with van der Waals surface area (Å²) in [5, 5.41) is 14.5. The lowest BCUT2D eigenvalue weighted by atomic mass is 10.0. The van der Waals surface area contributed by atoms with Crippen molar-refractivity contribution in [2.75, 3.05) is 6.54 Å². The van der Waals surface area contributed by atoms with Gasteiger partial charge in [0.05, 0.1) is 16.2 Å². The van der Waals surface area contributed by atoms with Crippen molar-refractivity contribution in [1.82, 2.24) is 15.3 Å². The molecule has 1 aliphatic heterocycles. The highest BCUT2D eigenvalue weighted by atomic mass is 16.6. The SMILES string of the molecule is CCc1nc(-c2ccccc2[N+](=O)[O-])nc2c1CCNC2. The number of hydrogen-bond donors (Lipinski definition) is 1. The number of nitrogens with zero attached hydrogens (tertiary/aromatic N) is 3. The molecule has 21 heavy (non-hydrogen) atoms. The van der Waals surface area contributed by atoms with Crippen molar-refractivity contribution >= 4 is 5.69 Å². The standard InChI is InChI=1S/C15H16N4O2/c1-2-12-10-7-8-16-9-13(10)18-15(17-12)11-5-3-4-6-14(11)19(20)21/h3-6,16H,2,7-9H2,1H3. The van der Waals surface area contributed by atoms with Gasteiger partial charge in [-0.3, -0.25) is 10.1 Å². The Labute approximate surface area is 122 Å². The van der Waals surface area contributed by atoms with E-state index >= 15 is 0 Å². The second-order valence-corrected chi connectivity index (χ2v) is 4.97. The highest BCUT2D eigenvalue weighted by Gasteiger charge is 2.21. The van der Waals surface area contributed by atoms with Crippen molar-refractivity contribution in [3.63, 3.8) is 0 Å². The third-order valence-electron chi connectivity index (χ3n) is 3.70. The molecule has 2 aromatic rings. The fraction of sp³-hybridized carbons (Fsp3) is 0.333. The predicted octanol–water partition coefficient (Wildman–Crippen LogP) is 2.26. The van der Waals surface area contributed by atoms with Crippen LogP contribution in [0.25, 0.3) is 11.4 Å². The molecule has 1 aromatic carbocycles. The Kier molecular flexibility index (Phi) is 3.62. The van der Waals surface area contributed by atoms with E-state index < -0.39 is 0 Å². The van der Waals surface area contributed by atoms with Crippen molar-refractivity contribution < 1.29 is 4.92 Å². The molecule has 0 aliphatic carbocycles. The van der Waals surface area contributed by atoms with Crippen LogP contribution in [-0.4, -0.2) is 21.4 Å². The molecule has 0 unspecified atom stereocenters. The van der Waals surface area contributed by atoms with E-state index in [4.69, 9.17) is 0 Å². The van der Waals surface area contributed by atoms with Crippen LogP contribution in [0.2, 0.25) is 0 Å². The molecule has 108 valence electrons. The monoisotopic (exact) mass is 284 g/mol. The van der Waals surface area contributed by atoms with Crippen LogP contribution in [0.3, 0.4) is 0 Å². The van der Waals surface area contributed by atoms with Crippen LogP contribution < -0.4 is 5.32 Å². The molecule has 0 saturated carbocycles. The van der Waals surface area contributed by atoms with Gasteiger partial charge in [0.1, 0.15) is 0 Å². The van der Waals surface area contributed by atoms with Gasteiger partial charge in [-0.2, -0.15) is 0 Å². The van der Waals surface area contributed by atoms with E-state index in [1.165, 1.54) is 11.6 Å². The molecule has 3 rings (SSSR count). The van der Waals surface area contributed by atoms with Gasteiger partial charge < -0.3 is 5.32 Å². The summed E-state index contributed by atoms with van der Waals surface area (Å²) in [6.07, 6.45) is 1.72. The maximum atomic E-state index is 11.2. The molecular weight excluding hydrogens is 268 g/mol. The van der Waals surface area contributed by atoms with Gasteiger partial charge >= 0.3 is 0 Å². The number of nitro groups is 1. The molecule has 0 fully saturated rings. The Bertz CT molecular complexity index is 683. The lowest BCUT2D eigenvalue weighted by Crippen LogP contribution is -2.26. The first kappa shape index (κ1) is 13.6. The number of aryl methyl sites for hydroxylation is 1. The lowest BCUT2D eigenvalue weighted by molar-refractivity contribution is -0.384. The molecule has 0 radical (unpaired) electrons. The van der Waals surface area contributed by atoms with Crippen LogP contribution in [0, 0.1) is 10.1 Å². The molecule has 0 spiro atoms. The molecule has 1 aromatic heterocycles. The summed E-state index contributed by atoms with van der Waals surface area (Å²) in [4.78, 5) is 19.9. The maximum Gasteiger partial charge on any atom is 0.280 e. The Hall–Kier alpha value is -2.34. The summed E-state index contributed by atoms with van der Waals surface area (Å²) >= 11 is 0. The number of nitrogens with one attached hydrogen (secondary N) is 1. The normalized spacial score (nSPS) is 13.8.